The zero-order valence-electron chi connectivity index (χ0n) is 11.5. The average molecular weight is 272 g/mol. The summed E-state index contributed by atoms with van der Waals surface area (Å²) in [6.45, 7) is 4.04. The van der Waals surface area contributed by atoms with E-state index < -0.39 is 0 Å². The molecule has 1 N–H and O–H groups in total. The SMILES string of the molecule is CCOC(=O)c1ccc(Cc2ccn[nH]c2=O)c(C)c1. The van der Waals surface area contributed by atoms with Gasteiger partial charge in [-0.15, -0.1) is 0 Å². The second-order valence-corrected chi connectivity index (χ2v) is 4.45. The molecule has 0 aliphatic heterocycles. The third-order valence-corrected chi connectivity index (χ3v) is 3.04. The first-order valence-electron chi connectivity index (χ1n) is 6.41. The predicted molar refractivity (Wildman–Crippen MR) is 74.8 cm³/mol. The van der Waals surface area contributed by atoms with Crippen molar-refractivity contribution in [3.63, 3.8) is 0 Å². The molecule has 0 fully saturated rings. The van der Waals surface area contributed by atoms with E-state index >= 15 is 0 Å². The number of aromatic amines is 1. The first kappa shape index (κ1) is 14.0. The Balaban J connectivity index is 2.25. The minimum Gasteiger partial charge on any atom is -0.462 e. The number of rotatable bonds is 4. The summed E-state index contributed by atoms with van der Waals surface area (Å²) in [6, 6.07) is 7.04. The second-order valence-electron chi connectivity index (χ2n) is 4.45. The van der Waals surface area contributed by atoms with E-state index in [1.807, 2.05) is 13.0 Å². The fourth-order valence-electron chi connectivity index (χ4n) is 1.95. The summed E-state index contributed by atoms with van der Waals surface area (Å²) in [7, 11) is 0. The minimum atomic E-state index is -0.330. The van der Waals surface area contributed by atoms with Crippen molar-refractivity contribution in [3.8, 4) is 0 Å². The molecule has 0 aliphatic carbocycles. The molecular weight excluding hydrogens is 256 g/mol. The molecule has 0 saturated carbocycles. The Morgan fingerprint density at radius 2 is 2.10 bits per heavy atom. The normalized spacial score (nSPS) is 10.3. The number of esters is 1. The maximum atomic E-state index is 11.6. The van der Waals surface area contributed by atoms with Gasteiger partial charge in [-0.2, -0.15) is 5.10 Å². The largest absolute Gasteiger partial charge is 0.462 e. The number of nitrogens with one attached hydrogen (secondary N) is 1. The summed E-state index contributed by atoms with van der Waals surface area (Å²) >= 11 is 0. The molecule has 5 heteroatoms. The Kier molecular flexibility index (Phi) is 4.30. The van der Waals surface area contributed by atoms with Crippen molar-refractivity contribution in [1.82, 2.24) is 10.2 Å². The van der Waals surface area contributed by atoms with Crippen molar-refractivity contribution in [1.29, 1.82) is 0 Å². The third-order valence-electron chi connectivity index (χ3n) is 3.04. The summed E-state index contributed by atoms with van der Waals surface area (Å²) < 4.78 is 4.96. The quantitative estimate of drug-likeness (QED) is 0.862. The van der Waals surface area contributed by atoms with E-state index in [2.05, 4.69) is 10.2 Å². The van der Waals surface area contributed by atoms with Gasteiger partial charge in [-0.25, -0.2) is 9.89 Å². The van der Waals surface area contributed by atoms with Gasteiger partial charge in [0.1, 0.15) is 0 Å². The Labute approximate surface area is 116 Å². The third kappa shape index (κ3) is 3.12. The monoisotopic (exact) mass is 272 g/mol. The summed E-state index contributed by atoms with van der Waals surface area (Å²) in [5.41, 5.74) is 2.92. The average Bonchev–Trinajstić information content (AvgIpc) is 2.43. The van der Waals surface area contributed by atoms with Crippen molar-refractivity contribution < 1.29 is 9.53 Å². The van der Waals surface area contributed by atoms with Crippen LogP contribution in [0, 0.1) is 6.92 Å². The second kappa shape index (κ2) is 6.14. The van der Waals surface area contributed by atoms with Crippen LogP contribution in [0.25, 0.3) is 0 Å². The van der Waals surface area contributed by atoms with Crippen molar-refractivity contribution in [2.45, 2.75) is 20.3 Å². The van der Waals surface area contributed by atoms with Crippen molar-refractivity contribution >= 4 is 5.97 Å². The molecule has 1 heterocycles. The molecule has 0 unspecified atom stereocenters. The van der Waals surface area contributed by atoms with Crippen LogP contribution in [0.3, 0.4) is 0 Å². The Morgan fingerprint density at radius 3 is 2.75 bits per heavy atom. The number of aryl methyl sites for hydroxylation is 1. The molecule has 20 heavy (non-hydrogen) atoms. The van der Waals surface area contributed by atoms with E-state index in [0.717, 1.165) is 11.1 Å². The molecule has 0 bridgehead atoms. The number of hydrogen-bond donors (Lipinski definition) is 1. The Hall–Kier alpha value is -2.43. The number of benzene rings is 1. The summed E-state index contributed by atoms with van der Waals surface area (Å²) in [5, 5.41) is 6.07. The van der Waals surface area contributed by atoms with Crippen LogP contribution in [0.15, 0.2) is 35.3 Å². The van der Waals surface area contributed by atoms with Crippen molar-refractivity contribution in [2.75, 3.05) is 6.61 Å². The van der Waals surface area contributed by atoms with Crippen LogP contribution in [0.5, 0.6) is 0 Å². The number of H-pyrrole nitrogens is 1. The van der Waals surface area contributed by atoms with Gasteiger partial charge in [-0.3, -0.25) is 4.79 Å². The van der Waals surface area contributed by atoms with Gasteiger partial charge in [-0.05, 0) is 43.2 Å². The van der Waals surface area contributed by atoms with Gasteiger partial charge in [-0.1, -0.05) is 6.07 Å². The number of carbonyl (C=O) groups excluding carboxylic acids is 1. The van der Waals surface area contributed by atoms with Gasteiger partial charge in [0, 0.05) is 18.2 Å². The van der Waals surface area contributed by atoms with Gasteiger partial charge in [0.05, 0.1) is 12.2 Å². The van der Waals surface area contributed by atoms with Crippen LogP contribution < -0.4 is 5.56 Å². The highest BCUT2D eigenvalue weighted by molar-refractivity contribution is 5.89. The van der Waals surface area contributed by atoms with Crippen LogP contribution in [-0.2, 0) is 11.2 Å². The van der Waals surface area contributed by atoms with E-state index in [-0.39, 0.29) is 11.5 Å². The number of ether oxygens (including phenoxy) is 1. The van der Waals surface area contributed by atoms with Crippen LogP contribution >= 0.6 is 0 Å². The first-order chi connectivity index (χ1) is 9.61. The fourth-order valence-corrected chi connectivity index (χ4v) is 1.95. The zero-order chi connectivity index (χ0) is 14.5. The highest BCUT2D eigenvalue weighted by atomic mass is 16.5. The van der Waals surface area contributed by atoms with E-state index in [1.165, 1.54) is 0 Å². The van der Waals surface area contributed by atoms with Gasteiger partial charge >= 0.3 is 5.97 Å². The molecule has 2 aromatic rings. The number of hydrogen-bond acceptors (Lipinski definition) is 4. The Bertz CT molecular complexity index is 677. The Morgan fingerprint density at radius 1 is 1.30 bits per heavy atom. The lowest BCUT2D eigenvalue weighted by atomic mass is 9.99. The molecule has 1 aromatic carbocycles. The van der Waals surface area contributed by atoms with Crippen molar-refractivity contribution in [3.05, 3.63) is 63.1 Å². The van der Waals surface area contributed by atoms with E-state index in [1.54, 1.807) is 31.3 Å². The molecule has 2 rings (SSSR count). The van der Waals surface area contributed by atoms with Gasteiger partial charge in [0.15, 0.2) is 0 Å². The topological polar surface area (TPSA) is 72.0 Å². The molecule has 104 valence electrons. The lowest BCUT2D eigenvalue weighted by Crippen LogP contribution is -2.14. The fraction of sp³-hybridized carbons (Fsp3) is 0.267. The van der Waals surface area contributed by atoms with E-state index in [9.17, 15) is 9.59 Å². The molecule has 0 spiro atoms. The molecular formula is C15H16N2O3. The van der Waals surface area contributed by atoms with Crippen LogP contribution in [0.4, 0.5) is 0 Å². The van der Waals surface area contributed by atoms with Crippen molar-refractivity contribution in [2.24, 2.45) is 0 Å². The van der Waals surface area contributed by atoms with Gasteiger partial charge in [0.25, 0.3) is 5.56 Å². The smallest absolute Gasteiger partial charge is 0.338 e. The lowest BCUT2D eigenvalue weighted by Gasteiger charge is -2.08. The van der Waals surface area contributed by atoms with Gasteiger partial charge < -0.3 is 4.74 Å². The zero-order valence-corrected chi connectivity index (χ0v) is 11.5. The predicted octanol–water partition coefficient (Wildman–Crippen LogP) is 1.85. The van der Waals surface area contributed by atoms with Crippen LogP contribution in [0.2, 0.25) is 0 Å². The van der Waals surface area contributed by atoms with Crippen LogP contribution in [-0.4, -0.2) is 22.8 Å². The number of nitrogens with zero attached hydrogens (tertiary/aromatic N) is 1. The molecule has 5 nitrogen and oxygen atoms in total. The maximum Gasteiger partial charge on any atom is 0.338 e. The summed E-state index contributed by atoms with van der Waals surface area (Å²) in [6.07, 6.45) is 2.06. The van der Waals surface area contributed by atoms with Gasteiger partial charge in [0.2, 0.25) is 0 Å². The first-order valence-corrected chi connectivity index (χ1v) is 6.41. The maximum absolute atomic E-state index is 11.6. The molecule has 1 aromatic heterocycles. The standard InChI is InChI=1S/C15H16N2O3/c1-3-20-15(19)13-5-4-11(10(2)8-13)9-12-6-7-16-17-14(12)18/h4-8H,3,9H2,1-2H3,(H,17,18). The molecule has 0 saturated heterocycles. The highest BCUT2D eigenvalue weighted by Gasteiger charge is 2.09. The molecule has 0 aliphatic rings. The minimum absolute atomic E-state index is 0.193. The lowest BCUT2D eigenvalue weighted by molar-refractivity contribution is 0.0526. The highest BCUT2D eigenvalue weighted by Crippen LogP contribution is 2.15. The number of aromatic nitrogens is 2. The molecule has 0 radical (unpaired) electrons. The summed E-state index contributed by atoms with van der Waals surface area (Å²) in [4.78, 5) is 23.2. The van der Waals surface area contributed by atoms with Crippen LogP contribution in [0.1, 0.15) is 34.0 Å². The number of carbonyl (C=O) groups is 1. The molecule has 0 atom stereocenters. The summed E-state index contributed by atoms with van der Waals surface area (Å²) in [5.74, 6) is -0.330. The molecule has 0 amide bonds. The van der Waals surface area contributed by atoms with E-state index in [0.29, 0.717) is 24.2 Å². The van der Waals surface area contributed by atoms with E-state index in [4.69, 9.17) is 4.74 Å².